The normalized spacial score (nSPS) is 22.1. The minimum Gasteiger partial charge on any atom is -0.467 e. The summed E-state index contributed by atoms with van der Waals surface area (Å²) in [5, 5.41) is 5.90. The highest BCUT2D eigenvalue weighted by Gasteiger charge is 2.45. The quantitative estimate of drug-likeness (QED) is 0.634. The second-order valence-corrected chi connectivity index (χ2v) is 5.34. The third-order valence-electron chi connectivity index (χ3n) is 4.17. The van der Waals surface area contributed by atoms with E-state index in [0.717, 1.165) is 18.9 Å². The zero-order valence-corrected chi connectivity index (χ0v) is 12.8. The van der Waals surface area contributed by atoms with Gasteiger partial charge in [-0.05, 0) is 31.7 Å². The number of hydrogen-bond donors (Lipinski definition) is 0. The first-order valence-electron chi connectivity index (χ1n) is 7.39. The molecule has 1 aliphatic rings. The van der Waals surface area contributed by atoms with Crippen molar-refractivity contribution in [3.05, 3.63) is 35.4 Å². The van der Waals surface area contributed by atoms with Crippen molar-refractivity contribution in [1.82, 2.24) is 5.01 Å². The van der Waals surface area contributed by atoms with Crippen molar-refractivity contribution < 1.29 is 18.3 Å². The van der Waals surface area contributed by atoms with E-state index >= 15 is 0 Å². The van der Waals surface area contributed by atoms with Gasteiger partial charge < -0.3 is 4.74 Å². The molecule has 0 bridgehead atoms. The third-order valence-corrected chi connectivity index (χ3v) is 4.17. The third kappa shape index (κ3) is 2.96. The maximum absolute atomic E-state index is 13.7. The van der Waals surface area contributed by atoms with Gasteiger partial charge in [-0.15, -0.1) is 0 Å². The van der Waals surface area contributed by atoms with Crippen LogP contribution in [0.25, 0.3) is 0 Å². The van der Waals surface area contributed by atoms with Gasteiger partial charge in [0.05, 0.1) is 13.3 Å². The molecule has 0 saturated carbocycles. The molecule has 1 saturated heterocycles. The van der Waals surface area contributed by atoms with Crippen molar-refractivity contribution >= 4 is 12.2 Å². The average Bonchev–Trinajstić information content (AvgIpc) is 2.55. The van der Waals surface area contributed by atoms with Crippen LogP contribution in [-0.4, -0.2) is 36.4 Å². The zero-order valence-electron chi connectivity index (χ0n) is 12.8. The predicted octanol–water partition coefficient (Wildman–Crippen LogP) is 3.11. The summed E-state index contributed by atoms with van der Waals surface area (Å²) < 4.78 is 31.8. The lowest BCUT2D eigenvalue weighted by atomic mass is 9.85. The van der Waals surface area contributed by atoms with Crippen LogP contribution in [0.1, 0.15) is 38.2 Å². The first-order chi connectivity index (χ1) is 10.5. The number of carbonyl (C=O) groups excluding carboxylic acids is 1. The average molecular weight is 310 g/mol. The molecule has 0 spiro atoms. The van der Waals surface area contributed by atoms with Gasteiger partial charge in [-0.1, -0.05) is 19.1 Å². The highest BCUT2D eigenvalue weighted by molar-refractivity contribution is 5.82. The van der Waals surface area contributed by atoms with E-state index in [2.05, 4.69) is 5.10 Å². The molecule has 1 heterocycles. The standard InChI is InChI=1S/C16H20F2N2O2/c1-3-16(15(21)22-2)9-4-5-10-20(16)19-11-12-7-6-8-13(17)14(12)18/h6-8,11H,3-5,9-10H2,1-2H3/b19-11-. The Balaban J connectivity index is 2.30. The van der Waals surface area contributed by atoms with Gasteiger partial charge in [-0.2, -0.15) is 5.10 Å². The SMILES string of the molecule is CCC1(C(=O)OC)CCCCN1/N=C\c1cccc(F)c1F. The predicted molar refractivity (Wildman–Crippen MR) is 79.5 cm³/mol. The van der Waals surface area contributed by atoms with E-state index in [0.29, 0.717) is 19.4 Å². The van der Waals surface area contributed by atoms with Crippen molar-refractivity contribution in [3.8, 4) is 0 Å². The topological polar surface area (TPSA) is 41.9 Å². The molecule has 6 heteroatoms. The number of rotatable bonds is 4. The van der Waals surface area contributed by atoms with Gasteiger partial charge in [0.1, 0.15) is 0 Å². The van der Waals surface area contributed by atoms with Crippen LogP contribution in [0.2, 0.25) is 0 Å². The highest BCUT2D eigenvalue weighted by atomic mass is 19.2. The van der Waals surface area contributed by atoms with Gasteiger partial charge in [0.2, 0.25) is 0 Å². The van der Waals surface area contributed by atoms with Gasteiger partial charge in [0, 0.05) is 12.1 Å². The summed E-state index contributed by atoms with van der Waals surface area (Å²) in [6, 6.07) is 3.92. The number of carbonyl (C=O) groups is 1. The second-order valence-electron chi connectivity index (χ2n) is 5.34. The molecule has 120 valence electrons. The number of hydrazone groups is 1. The Kier molecular flexibility index (Phi) is 5.11. The largest absolute Gasteiger partial charge is 0.467 e. The summed E-state index contributed by atoms with van der Waals surface area (Å²) >= 11 is 0. The molecule has 1 aliphatic heterocycles. The van der Waals surface area contributed by atoms with Gasteiger partial charge in [0.15, 0.2) is 17.2 Å². The molecule has 22 heavy (non-hydrogen) atoms. The summed E-state index contributed by atoms with van der Waals surface area (Å²) in [6.45, 7) is 2.48. The van der Waals surface area contributed by atoms with Crippen molar-refractivity contribution in [3.63, 3.8) is 0 Å². The fourth-order valence-electron chi connectivity index (χ4n) is 2.84. The molecule has 0 aliphatic carbocycles. The lowest BCUT2D eigenvalue weighted by Crippen LogP contribution is -2.55. The van der Waals surface area contributed by atoms with Crippen molar-refractivity contribution in [2.24, 2.45) is 5.10 Å². The Hall–Kier alpha value is -1.98. The van der Waals surface area contributed by atoms with E-state index in [4.69, 9.17) is 4.74 Å². The Bertz CT molecular complexity index is 577. The molecule has 0 radical (unpaired) electrons. The van der Waals surface area contributed by atoms with E-state index in [-0.39, 0.29) is 11.5 Å². The molecule has 0 aromatic heterocycles. The lowest BCUT2D eigenvalue weighted by Gasteiger charge is -2.42. The number of methoxy groups -OCH3 is 1. The minimum absolute atomic E-state index is 0.0560. The van der Waals surface area contributed by atoms with Gasteiger partial charge in [-0.3, -0.25) is 5.01 Å². The Labute approximate surface area is 128 Å². The van der Waals surface area contributed by atoms with Crippen LogP contribution in [0, 0.1) is 11.6 Å². The molecule has 1 aromatic carbocycles. The molecular weight excluding hydrogens is 290 g/mol. The Morgan fingerprint density at radius 3 is 2.91 bits per heavy atom. The number of halogens is 2. The fraction of sp³-hybridized carbons (Fsp3) is 0.500. The molecule has 0 amide bonds. The number of benzene rings is 1. The molecule has 1 fully saturated rings. The zero-order chi connectivity index (χ0) is 16.2. The summed E-state index contributed by atoms with van der Waals surface area (Å²) in [6.07, 6.45) is 4.24. The van der Waals surface area contributed by atoms with Crippen LogP contribution in [0.5, 0.6) is 0 Å². The van der Waals surface area contributed by atoms with Crippen LogP contribution in [0.15, 0.2) is 23.3 Å². The number of esters is 1. The molecular formula is C16H20F2N2O2. The summed E-state index contributed by atoms with van der Waals surface area (Å²) in [5.74, 6) is -2.20. The maximum Gasteiger partial charge on any atom is 0.333 e. The van der Waals surface area contributed by atoms with Crippen LogP contribution in [0.3, 0.4) is 0 Å². The monoisotopic (exact) mass is 310 g/mol. The Morgan fingerprint density at radius 1 is 1.45 bits per heavy atom. The summed E-state index contributed by atoms with van der Waals surface area (Å²) in [7, 11) is 1.35. The van der Waals surface area contributed by atoms with Crippen molar-refractivity contribution in [1.29, 1.82) is 0 Å². The maximum atomic E-state index is 13.7. The van der Waals surface area contributed by atoms with Crippen molar-refractivity contribution in [2.45, 2.75) is 38.1 Å². The van der Waals surface area contributed by atoms with Crippen molar-refractivity contribution in [2.75, 3.05) is 13.7 Å². The van der Waals surface area contributed by atoms with E-state index < -0.39 is 17.2 Å². The van der Waals surface area contributed by atoms with Crippen LogP contribution in [0.4, 0.5) is 8.78 Å². The first-order valence-corrected chi connectivity index (χ1v) is 7.39. The van der Waals surface area contributed by atoms with Crippen LogP contribution < -0.4 is 0 Å². The van der Waals surface area contributed by atoms with E-state index in [1.54, 1.807) is 5.01 Å². The molecule has 2 rings (SSSR count). The lowest BCUT2D eigenvalue weighted by molar-refractivity contribution is -0.158. The molecule has 1 atom stereocenters. The summed E-state index contributed by atoms with van der Waals surface area (Å²) in [4.78, 5) is 12.2. The number of nitrogens with zero attached hydrogens (tertiary/aromatic N) is 2. The second kappa shape index (κ2) is 6.85. The fourth-order valence-corrected chi connectivity index (χ4v) is 2.84. The molecule has 1 aromatic rings. The van der Waals surface area contributed by atoms with Gasteiger partial charge in [0.25, 0.3) is 0 Å². The Morgan fingerprint density at radius 2 is 2.23 bits per heavy atom. The van der Waals surface area contributed by atoms with Gasteiger partial charge >= 0.3 is 5.97 Å². The van der Waals surface area contributed by atoms with E-state index in [1.165, 1.54) is 25.5 Å². The minimum atomic E-state index is -0.941. The first kappa shape index (κ1) is 16.4. The number of hydrogen-bond acceptors (Lipinski definition) is 4. The van der Waals surface area contributed by atoms with Crippen LogP contribution >= 0.6 is 0 Å². The molecule has 0 N–H and O–H groups in total. The number of piperidine rings is 1. The highest BCUT2D eigenvalue weighted by Crippen LogP contribution is 2.32. The smallest absolute Gasteiger partial charge is 0.333 e. The van der Waals surface area contributed by atoms with Gasteiger partial charge in [-0.25, -0.2) is 13.6 Å². The molecule has 1 unspecified atom stereocenters. The van der Waals surface area contributed by atoms with E-state index in [9.17, 15) is 13.6 Å². The van der Waals surface area contributed by atoms with E-state index in [1.807, 2.05) is 6.92 Å². The molecule has 4 nitrogen and oxygen atoms in total. The van der Waals surface area contributed by atoms with Crippen LogP contribution in [-0.2, 0) is 9.53 Å². The summed E-state index contributed by atoms with van der Waals surface area (Å²) in [5.41, 5.74) is -0.770. The number of ether oxygens (including phenoxy) is 1.